The molecule has 0 aliphatic carbocycles. The van der Waals surface area contributed by atoms with Gasteiger partial charge >= 0.3 is 0 Å². The van der Waals surface area contributed by atoms with E-state index in [4.69, 9.17) is 21.1 Å². The summed E-state index contributed by atoms with van der Waals surface area (Å²) in [6.45, 7) is 4.61. The summed E-state index contributed by atoms with van der Waals surface area (Å²) in [5.41, 5.74) is 4.07. The van der Waals surface area contributed by atoms with Gasteiger partial charge in [-0.2, -0.15) is 0 Å². The Hall–Kier alpha value is -3.22. The highest BCUT2D eigenvalue weighted by Gasteiger charge is 2.31. The number of likely N-dealkylation sites (tertiary alicyclic amines) is 1. The Balaban J connectivity index is 1.41. The van der Waals surface area contributed by atoms with E-state index < -0.39 is 6.10 Å². The molecule has 0 aromatic heterocycles. The van der Waals surface area contributed by atoms with E-state index in [0.717, 1.165) is 47.7 Å². The minimum Gasteiger partial charge on any atom is -0.508 e. The molecule has 0 bridgehead atoms. The summed E-state index contributed by atoms with van der Waals surface area (Å²) < 4.78 is 24.9. The Labute approximate surface area is 209 Å². The molecular formula is C28H27ClFNO4. The number of phenolic OH excluding ortho intramolecular Hbond substituents is 2. The van der Waals surface area contributed by atoms with Crippen LogP contribution < -0.4 is 9.47 Å². The first kappa shape index (κ1) is 23.5. The summed E-state index contributed by atoms with van der Waals surface area (Å²) in [6.07, 6.45) is -0.473. The van der Waals surface area contributed by atoms with Crippen molar-refractivity contribution >= 4 is 22.7 Å². The van der Waals surface area contributed by atoms with Crippen LogP contribution in [0.15, 0.2) is 60.7 Å². The Morgan fingerprint density at radius 1 is 1.00 bits per heavy atom. The monoisotopic (exact) mass is 495 g/mol. The summed E-state index contributed by atoms with van der Waals surface area (Å²) in [7, 11) is 0. The maximum Gasteiger partial charge on any atom is 0.150 e. The number of nitrogens with zero attached hydrogens (tertiary/aromatic N) is 1. The lowest BCUT2D eigenvalue weighted by Crippen LogP contribution is -2.49. The third-order valence-corrected chi connectivity index (χ3v) is 6.96. The van der Waals surface area contributed by atoms with Crippen molar-refractivity contribution < 1.29 is 24.1 Å². The van der Waals surface area contributed by atoms with Crippen LogP contribution in [0.4, 0.5) is 4.39 Å². The molecule has 2 N–H and O–H groups in total. The molecule has 0 amide bonds. The second kappa shape index (κ2) is 9.80. The SMILES string of the molecule is CC1=C(c2cc(O)ccc2Cl)[C@H](c2ccc(OCCN3CC(CF)C3)cc2)Oc2ccc(O)cc21. The zero-order valence-electron chi connectivity index (χ0n) is 19.4. The molecule has 182 valence electrons. The normalized spacial score (nSPS) is 18.1. The molecule has 1 fully saturated rings. The van der Waals surface area contributed by atoms with Gasteiger partial charge in [-0.25, -0.2) is 0 Å². The molecule has 2 aliphatic rings. The molecule has 1 atom stereocenters. The van der Waals surface area contributed by atoms with E-state index in [1.165, 1.54) is 0 Å². The van der Waals surface area contributed by atoms with Crippen molar-refractivity contribution in [2.24, 2.45) is 5.92 Å². The fourth-order valence-electron chi connectivity index (χ4n) is 4.73. The average Bonchev–Trinajstić information content (AvgIpc) is 2.83. The number of benzene rings is 3. The van der Waals surface area contributed by atoms with Crippen LogP contribution in [0.1, 0.15) is 29.7 Å². The van der Waals surface area contributed by atoms with Crippen LogP contribution in [0, 0.1) is 5.92 Å². The number of alkyl halides is 1. The molecule has 35 heavy (non-hydrogen) atoms. The first-order valence-corrected chi connectivity index (χ1v) is 12.0. The van der Waals surface area contributed by atoms with Gasteiger partial charge in [0, 0.05) is 47.3 Å². The van der Waals surface area contributed by atoms with Crippen LogP contribution in [-0.4, -0.2) is 48.0 Å². The van der Waals surface area contributed by atoms with Crippen LogP contribution >= 0.6 is 11.6 Å². The number of halogens is 2. The van der Waals surface area contributed by atoms with Crippen molar-refractivity contribution in [3.63, 3.8) is 0 Å². The van der Waals surface area contributed by atoms with Gasteiger partial charge in [-0.15, -0.1) is 0 Å². The topological polar surface area (TPSA) is 62.2 Å². The summed E-state index contributed by atoms with van der Waals surface area (Å²) in [4.78, 5) is 2.18. The predicted molar refractivity (Wildman–Crippen MR) is 135 cm³/mol. The number of allylic oxidation sites excluding steroid dienone is 1. The highest BCUT2D eigenvalue weighted by Crippen LogP contribution is 2.49. The van der Waals surface area contributed by atoms with E-state index in [2.05, 4.69) is 4.90 Å². The van der Waals surface area contributed by atoms with Crippen LogP contribution in [0.2, 0.25) is 5.02 Å². The van der Waals surface area contributed by atoms with Crippen molar-refractivity contribution in [2.75, 3.05) is 32.9 Å². The van der Waals surface area contributed by atoms with Crippen LogP contribution in [0.5, 0.6) is 23.0 Å². The van der Waals surface area contributed by atoms with E-state index in [0.29, 0.717) is 22.9 Å². The van der Waals surface area contributed by atoms with Gasteiger partial charge in [0.2, 0.25) is 0 Å². The number of rotatable bonds is 7. The first-order valence-electron chi connectivity index (χ1n) is 11.6. The molecule has 0 radical (unpaired) electrons. The maximum absolute atomic E-state index is 12.6. The van der Waals surface area contributed by atoms with Gasteiger partial charge in [0.05, 0.1) is 6.67 Å². The number of phenols is 2. The Morgan fingerprint density at radius 3 is 2.40 bits per heavy atom. The average molecular weight is 496 g/mol. The molecule has 0 saturated carbocycles. The van der Waals surface area contributed by atoms with Crippen molar-refractivity contribution in [1.29, 1.82) is 0 Å². The largest absolute Gasteiger partial charge is 0.508 e. The second-order valence-corrected chi connectivity index (χ2v) is 9.49. The van der Waals surface area contributed by atoms with Gasteiger partial charge in [0.15, 0.2) is 0 Å². The van der Waals surface area contributed by atoms with Gasteiger partial charge in [0.1, 0.15) is 35.7 Å². The Morgan fingerprint density at radius 2 is 1.69 bits per heavy atom. The Bertz CT molecular complexity index is 1250. The van der Waals surface area contributed by atoms with E-state index in [-0.39, 0.29) is 24.1 Å². The zero-order valence-corrected chi connectivity index (χ0v) is 20.1. The van der Waals surface area contributed by atoms with Crippen molar-refractivity contribution in [1.82, 2.24) is 4.90 Å². The van der Waals surface area contributed by atoms with E-state index in [1.807, 2.05) is 31.2 Å². The number of aromatic hydroxyl groups is 2. The molecule has 3 aromatic carbocycles. The fourth-order valence-corrected chi connectivity index (χ4v) is 4.95. The second-order valence-electron chi connectivity index (χ2n) is 9.08. The van der Waals surface area contributed by atoms with Crippen LogP contribution in [0.25, 0.3) is 11.1 Å². The molecule has 2 aliphatic heterocycles. The van der Waals surface area contributed by atoms with Crippen LogP contribution in [-0.2, 0) is 0 Å². The first-order chi connectivity index (χ1) is 16.9. The van der Waals surface area contributed by atoms with Gasteiger partial charge in [-0.1, -0.05) is 23.7 Å². The van der Waals surface area contributed by atoms with Gasteiger partial charge in [0.25, 0.3) is 0 Å². The standard InChI is InChI=1S/C28H27ClFNO4/c1-17-23-12-21(33)5-9-26(23)35-28(27(17)24-13-20(32)4-8-25(24)29)19-2-6-22(7-3-19)34-11-10-31-15-18(14-30)16-31/h2-9,12-13,18,28,32-33H,10-11,14-16H2,1H3/t28-/m0/s1. The molecular weight excluding hydrogens is 469 g/mol. The molecule has 1 saturated heterocycles. The highest BCUT2D eigenvalue weighted by molar-refractivity contribution is 6.32. The molecule has 3 aromatic rings. The van der Waals surface area contributed by atoms with Crippen molar-refractivity contribution in [3.05, 3.63) is 82.4 Å². The smallest absolute Gasteiger partial charge is 0.150 e. The minimum atomic E-state index is -0.473. The number of ether oxygens (including phenoxy) is 2. The van der Waals surface area contributed by atoms with Crippen molar-refractivity contribution in [3.8, 4) is 23.0 Å². The quantitative estimate of drug-likeness (QED) is 0.415. The van der Waals surface area contributed by atoms with Crippen molar-refractivity contribution in [2.45, 2.75) is 13.0 Å². The maximum atomic E-state index is 12.6. The molecule has 0 spiro atoms. The Kier molecular flexibility index (Phi) is 6.58. The molecule has 5 nitrogen and oxygen atoms in total. The summed E-state index contributed by atoms with van der Waals surface area (Å²) in [5, 5.41) is 20.7. The van der Waals surface area contributed by atoms with Gasteiger partial charge in [-0.05, 0) is 66.6 Å². The molecule has 2 heterocycles. The van der Waals surface area contributed by atoms with Gasteiger partial charge < -0.3 is 19.7 Å². The summed E-state index contributed by atoms with van der Waals surface area (Å²) in [6, 6.07) is 17.6. The van der Waals surface area contributed by atoms with Gasteiger partial charge in [-0.3, -0.25) is 9.29 Å². The minimum absolute atomic E-state index is 0.106. The molecule has 5 rings (SSSR count). The third-order valence-electron chi connectivity index (χ3n) is 6.63. The highest BCUT2D eigenvalue weighted by atomic mass is 35.5. The third kappa shape index (κ3) is 4.81. The van der Waals surface area contributed by atoms with E-state index in [1.54, 1.807) is 36.4 Å². The number of hydrogen-bond acceptors (Lipinski definition) is 5. The van der Waals surface area contributed by atoms with Crippen LogP contribution in [0.3, 0.4) is 0 Å². The fraction of sp³-hybridized carbons (Fsp3) is 0.286. The lowest BCUT2D eigenvalue weighted by molar-refractivity contribution is 0.0668. The van der Waals surface area contributed by atoms with E-state index >= 15 is 0 Å². The lowest BCUT2D eigenvalue weighted by Gasteiger charge is -2.37. The van der Waals surface area contributed by atoms with E-state index in [9.17, 15) is 14.6 Å². The summed E-state index contributed by atoms with van der Waals surface area (Å²) >= 11 is 6.55. The molecule has 0 unspecified atom stereocenters. The lowest BCUT2D eigenvalue weighted by atomic mass is 9.86. The number of hydrogen-bond donors (Lipinski definition) is 2. The summed E-state index contributed by atoms with van der Waals surface area (Å²) in [5.74, 6) is 1.83. The molecule has 7 heteroatoms. The predicted octanol–water partition coefficient (Wildman–Crippen LogP) is 6.10. The zero-order chi connectivity index (χ0) is 24.5. The number of fused-ring (bicyclic) bond motifs is 1.